The van der Waals surface area contributed by atoms with Crippen LogP contribution in [0.3, 0.4) is 0 Å². The molecule has 3 atom stereocenters. The van der Waals surface area contributed by atoms with Gasteiger partial charge in [0.25, 0.3) is 0 Å². The van der Waals surface area contributed by atoms with Gasteiger partial charge in [-0.1, -0.05) is 0 Å². The van der Waals surface area contributed by atoms with Crippen LogP contribution in [0.1, 0.15) is 12.6 Å². The molecule has 0 radical (unpaired) electrons. The minimum absolute atomic E-state index is 0.0163. The fourth-order valence-electron chi connectivity index (χ4n) is 1.69. The summed E-state index contributed by atoms with van der Waals surface area (Å²) in [7, 11) is 0. The number of rotatable bonds is 2. The summed E-state index contributed by atoms with van der Waals surface area (Å²) in [6, 6.07) is 1.39. The van der Waals surface area contributed by atoms with E-state index < -0.39 is 30.1 Å². The number of ether oxygens (including phenoxy) is 1. The fraction of sp³-hybridized carbons (Fsp3) is 0.444. The van der Waals surface area contributed by atoms with E-state index in [-0.39, 0.29) is 12.2 Å². The van der Waals surface area contributed by atoms with E-state index in [1.54, 1.807) is 0 Å². The minimum atomic E-state index is -1.33. The molecular formula is C9H11N3O5. The van der Waals surface area contributed by atoms with Gasteiger partial charge in [-0.25, -0.2) is 9.59 Å². The Morgan fingerprint density at radius 3 is 2.88 bits per heavy atom. The summed E-state index contributed by atoms with van der Waals surface area (Å²) in [4.78, 5) is 25.7. The molecule has 0 aromatic carbocycles. The topological polar surface area (TPSA) is 128 Å². The molecule has 8 nitrogen and oxygen atoms in total. The number of hydrogen-bond donors (Lipinski definition) is 3. The quantitative estimate of drug-likeness (QED) is 0.578. The molecule has 1 aromatic heterocycles. The van der Waals surface area contributed by atoms with E-state index >= 15 is 0 Å². The first-order chi connectivity index (χ1) is 7.99. The summed E-state index contributed by atoms with van der Waals surface area (Å²) in [5.74, 6) is -1.20. The highest BCUT2D eigenvalue weighted by Crippen LogP contribution is 2.27. The number of aliphatic carboxylic acids is 1. The number of nitrogens with zero attached hydrogens (tertiary/aromatic N) is 2. The molecule has 1 aromatic rings. The third-order valence-electron chi connectivity index (χ3n) is 2.50. The lowest BCUT2D eigenvalue weighted by molar-refractivity contribution is -0.155. The highest BCUT2D eigenvalue weighted by Gasteiger charge is 2.40. The first kappa shape index (κ1) is 11.6. The van der Waals surface area contributed by atoms with Crippen LogP contribution in [-0.2, 0) is 9.53 Å². The number of nitrogen functional groups attached to an aromatic ring is 1. The van der Waals surface area contributed by atoms with Crippen LogP contribution in [0.2, 0.25) is 0 Å². The molecule has 0 amide bonds. The van der Waals surface area contributed by atoms with Gasteiger partial charge >= 0.3 is 11.7 Å². The average Bonchev–Trinajstić information content (AvgIpc) is 2.60. The Morgan fingerprint density at radius 1 is 1.65 bits per heavy atom. The maximum absolute atomic E-state index is 11.5. The Balaban J connectivity index is 2.26. The molecule has 4 N–H and O–H groups in total. The normalized spacial score (nSPS) is 28.2. The Kier molecular flexibility index (Phi) is 2.82. The average molecular weight is 241 g/mol. The lowest BCUT2D eigenvalue weighted by atomic mass is 10.2. The number of aliphatic hydroxyl groups excluding tert-OH is 1. The number of carbonyl (C=O) groups is 1. The molecule has 1 fully saturated rings. The standard InChI is InChI=1S/C9H11N3O5/c10-5-1-2-12(9(16)11-5)6-3-4(13)7(17-6)8(14)15/h1-2,4,6-7,13H,3H2,(H,14,15)(H2,10,11,16)/t4-,6+,7-/m0/s1. The van der Waals surface area contributed by atoms with Gasteiger partial charge in [0.2, 0.25) is 0 Å². The van der Waals surface area contributed by atoms with E-state index in [1.165, 1.54) is 12.3 Å². The monoisotopic (exact) mass is 241 g/mol. The second-order valence-corrected chi connectivity index (χ2v) is 3.69. The Hall–Kier alpha value is -1.93. The maximum Gasteiger partial charge on any atom is 0.351 e. The van der Waals surface area contributed by atoms with Crippen molar-refractivity contribution >= 4 is 11.8 Å². The Labute approximate surface area is 95.3 Å². The van der Waals surface area contributed by atoms with Gasteiger partial charge in [-0.3, -0.25) is 4.57 Å². The van der Waals surface area contributed by atoms with Crippen molar-refractivity contribution in [1.29, 1.82) is 0 Å². The molecule has 1 aliphatic rings. The summed E-state index contributed by atoms with van der Waals surface area (Å²) in [6.45, 7) is 0. The van der Waals surface area contributed by atoms with Gasteiger partial charge in [0, 0.05) is 12.6 Å². The number of aromatic nitrogens is 2. The van der Waals surface area contributed by atoms with Gasteiger partial charge in [-0.05, 0) is 6.07 Å². The van der Waals surface area contributed by atoms with Crippen LogP contribution in [0, 0.1) is 0 Å². The van der Waals surface area contributed by atoms with Crippen LogP contribution in [0.25, 0.3) is 0 Å². The Bertz CT molecular complexity index is 500. The van der Waals surface area contributed by atoms with Gasteiger partial charge in [0.1, 0.15) is 12.0 Å². The van der Waals surface area contributed by atoms with E-state index in [4.69, 9.17) is 15.6 Å². The lowest BCUT2D eigenvalue weighted by Crippen LogP contribution is -2.30. The SMILES string of the molecule is Nc1ccn([C@H]2C[C@H](O)[C@@H](C(=O)O)O2)c(=O)n1. The Morgan fingerprint density at radius 2 is 2.35 bits per heavy atom. The third-order valence-corrected chi connectivity index (χ3v) is 2.50. The van der Waals surface area contributed by atoms with Gasteiger partial charge < -0.3 is 20.7 Å². The second kappa shape index (κ2) is 4.15. The summed E-state index contributed by atoms with van der Waals surface area (Å²) in [6.07, 6.45) is -1.95. The molecule has 0 unspecified atom stereocenters. The van der Waals surface area contributed by atoms with Crippen LogP contribution >= 0.6 is 0 Å². The van der Waals surface area contributed by atoms with Crippen molar-refractivity contribution in [2.24, 2.45) is 0 Å². The second-order valence-electron chi connectivity index (χ2n) is 3.69. The van der Waals surface area contributed by atoms with Crippen LogP contribution in [-0.4, -0.2) is 37.9 Å². The van der Waals surface area contributed by atoms with E-state index in [9.17, 15) is 14.7 Å². The highest BCUT2D eigenvalue weighted by atomic mass is 16.6. The molecule has 1 saturated heterocycles. The summed E-state index contributed by atoms with van der Waals surface area (Å²) >= 11 is 0. The van der Waals surface area contributed by atoms with Crippen molar-refractivity contribution < 1.29 is 19.7 Å². The van der Waals surface area contributed by atoms with E-state index in [2.05, 4.69) is 4.98 Å². The molecule has 1 aliphatic heterocycles. The van der Waals surface area contributed by atoms with Gasteiger partial charge in [0.15, 0.2) is 6.10 Å². The number of carboxylic acids is 1. The smallest absolute Gasteiger partial charge is 0.351 e. The van der Waals surface area contributed by atoms with E-state index in [0.717, 1.165) is 4.57 Å². The summed E-state index contributed by atoms with van der Waals surface area (Å²) < 4.78 is 6.17. The number of hydrogen-bond acceptors (Lipinski definition) is 6. The van der Waals surface area contributed by atoms with Crippen LogP contribution < -0.4 is 11.4 Å². The molecule has 2 rings (SSSR count). The minimum Gasteiger partial charge on any atom is -0.479 e. The molecule has 0 saturated carbocycles. The van der Waals surface area contributed by atoms with Crippen LogP contribution in [0.4, 0.5) is 5.82 Å². The zero-order chi connectivity index (χ0) is 12.6. The van der Waals surface area contributed by atoms with Crippen LogP contribution in [0.15, 0.2) is 17.1 Å². The van der Waals surface area contributed by atoms with Crippen LogP contribution in [0.5, 0.6) is 0 Å². The van der Waals surface area contributed by atoms with Crippen molar-refractivity contribution in [3.05, 3.63) is 22.7 Å². The molecule has 8 heteroatoms. The van der Waals surface area contributed by atoms with Crippen molar-refractivity contribution in [3.8, 4) is 0 Å². The van der Waals surface area contributed by atoms with E-state index in [0.29, 0.717) is 0 Å². The van der Waals surface area contributed by atoms with Crippen molar-refractivity contribution in [1.82, 2.24) is 9.55 Å². The lowest BCUT2D eigenvalue weighted by Gasteiger charge is -2.13. The zero-order valence-corrected chi connectivity index (χ0v) is 8.68. The first-order valence-corrected chi connectivity index (χ1v) is 4.90. The fourth-order valence-corrected chi connectivity index (χ4v) is 1.69. The molecule has 0 aliphatic carbocycles. The van der Waals surface area contributed by atoms with Gasteiger partial charge in [0.05, 0.1) is 6.10 Å². The number of anilines is 1. The predicted molar refractivity (Wildman–Crippen MR) is 55.1 cm³/mol. The largest absolute Gasteiger partial charge is 0.479 e. The van der Waals surface area contributed by atoms with Gasteiger partial charge in [-0.2, -0.15) is 4.98 Å². The molecule has 2 heterocycles. The molecule has 17 heavy (non-hydrogen) atoms. The van der Waals surface area contributed by atoms with Crippen molar-refractivity contribution in [2.45, 2.75) is 24.9 Å². The van der Waals surface area contributed by atoms with Crippen molar-refractivity contribution in [2.75, 3.05) is 5.73 Å². The number of carboxylic acid groups (broad SMARTS) is 1. The summed E-state index contributed by atoms with van der Waals surface area (Å²) in [5, 5.41) is 18.2. The molecule has 0 bridgehead atoms. The highest BCUT2D eigenvalue weighted by molar-refractivity contribution is 5.73. The zero-order valence-electron chi connectivity index (χ0n) is 8.68. The van der Waals surface area contributed by atoms with E-state index in [1.807, 2.05) is 0 Å². The number of aliphatic hydroxyl groups is 1. The number of nitrogens with two attached hydrogens (primary N) is 1. The van der Waals surface area contributed by atoms with Gasteiger partial charge in [-0.15, -0.1) is 0 Å². The van der Waals surface area contributed by atoms with Crippen molar-refractivity contribution in [3.63, 3.8) is 0 Å². The molecule has 0 spiro atoms. The third kappa shape index (κ3) is 2.12. The maximum atomic E-state index is 11.5. The molecule has 92 valence electrons. The summed E-state index contributed by atoms with van der Waals surface area (Å²) in [5.41, 5.74) is 4.68. The molecular weight excluding hydrogens is 230 g/mol. The first-order valence-electron chi connectivity index (χ1n) is 4.90. The predicted octanol–water partition coefficient (Wildman–Crippen LogP) is -1.44.